The molecule has 1 aromatic rings. The third-order valence-corrected chi connectivity index (χ3v) is 3.24. The number of carbonyl (C=O) groups excluding carboxylic acids is 1. The van der Waals surface area contributed by atoms with Gasteiger partial charge >= 0.3 is 0 Å². The van der Waals surface area contributed by atoms with Crippen LogP contribution in [0.1, 0.15) is 25.8 Å². The Bertz CT molecular complexity index is 393. The maximum Gasteiger partial charge on any atom is 0.165 e. The molecule has 0 saturated heterocycles. The molecule has 4 heteroatoms. The Morgan fingerprint density at radius 2 is 2.20 bits per heavy atom. The molecule has 0 saturated carbocycles. The van der Waals surface area contributed by atoms with E-state index in [0.717, 1.165) is 31.5 Å². The van der Waals surface area contributed by atoms with Crippen molar-refractivity contribution in [2.75, 3.05) is 19.6 Å². The number of nitrogens with zero attached hydrogens (tertiary/aromatic N) is 2. The fourth-order valence-electron chi connectivity index (χ4n) is 2.07. The van der Waals surface area contributed by atoms with E-state index in [-0.39, 0.29) is 11.7 Å². The fourth-order valence-corrected chi connectivity index (χ4v) is 2.07. The molecule has 0 fully saturated rings. The quantitative estimate of drug-likeness (QED) is 0.747. The first-order chi connectivity index (χ1) is 9.54. The highest BCUT2D eigenvalue weighted by atomic mass is 16.3. The molecule has 1 heterocycles. The first-order valence-corrected chi connectivity index (χ1v) is 7.17. The molecule has 0 aliphatic carbocycles. The predicted molar refractivity (Wildman–Crippen MR) is 80.2 cm³/mol. The molecule has 111 valence electrons. The number of aromatic nitrogens is 1. The minimum atomic E-state index is -0.907. The standard InChI is InChI=1S/C16H25N2O2/c1-4-9-18(12-15(19)16(20)13(2)3)10-7-14-6-5-8-17-11-14/h5-6,8,11,13,15,19H,1,4,7,9-10,12H2,2-3H3. The molecule has 0 spiro atoms. The molecular formula is C16H25N2O2. The zero-order valence-electron chi connectivity index (χ0n) is 12.5. The second-order valence-corrected chi connectivity index (χ2v) is 5.34. The average Bonchev–Trinajstić information content (AvgIpc) is 2.45. The van der Waals surface area contributed by atoms with Crippen LogP contribution in [0.2, 0.25) is 0 Å². The van der Waals surface area contributed by atoms with E-state index in [1.165, 1.54) is 0 Å². The van der Waals surface area contributed by atoms with Gasteiger partial charge in [0.15, 0.2) is 5.78 Å². The number of ketones is 1. The molecule has 1 aromatic heterocycles. The van der Waals surface area contributed by atoms with Gasteiger partial charge in [-0.05, 0) is 31.0 Å². The lowest BCUT2D eigenvalue weighted by atomic mass is 10.0. The summed E-state index contributed by atoms with van der Waals surface area (Å²) in [6, 6.07) is 3.95. The molecule has 1 unspecified atom stereocenters. The lowest BCUT2D eigenvalue weighted by molar-refractivity contribution is -0.131. The summed E-state index contributed by atoms with van der Waals surface area (Å²) >= 11 is 0. The van der Waals surface area contributed by atoms with Crippen molar-refractivity contribution in [1.82, 2.24) is 9.88 Å². The van der Waals surface area contributed by atoms with Gasteiger partial charge in [-0.25, -0.2) is 0 Å². The van der Waals surface area contributed by atoms with E-state index in [4.69, 9.17) is 0 Å². The number of aliphatic hydroxyl groups is 1. The summed E-state index contributed by atoms with van der Waals surface area (Å²) in [6.45, 7) is 9.43. The maximum atomic E-state index is 11.8. The zero-order chi connectivity index (χ0) is 15.0. The van der Waals surface area contributed by atoms with E-state index in [9.17, 15) is 9.90 Å². The van der Waals surface area contributed by atoms with Crippen LogP contribution in [0, 0.1) is 12.8 Å². The van der Waals surface area contributed by atoms with Crippen molar-refractivity contribution < 1.29 is 9.90 Å². The second kappa shape index (κ2) is 8.82. The summed E-state index contributed by atoms with van der Waals surface area (Å²) in [6.07, 6.45) is 4.31. The highest BCUT2D eigenvalue weighted by Crippen LogP contribution is 2.05. The molecule has 20 heavy (non-hydrogen) atoms. The Hall–Kier alpha value is -1.26. The van der Waals surface area contributed by atoms with Gasteiger partial charge < -0.3 is 5.11 Å². The summed E-state index contributed by atoms with van der Waals surface area (Å²) in [5, 5.41) is 9.96. The van der Waals surface area contributed by atoms with Gasteiger partial charge in [0, 0.05) is 31.4 Å². The lowest BCUT2D eigenvalue weighted by Gasteiger charge is -2.24. The predicted octanol–water partition coefficient (Wildman–Crippen LogP) is 1.74. The van der Waals surface area contributed by atoms with Crippen molar-refractivity contribution in [1.29, 1.82) is 0 Å². The number of carbonyl (C=O) groups is 1. The van der Waals surface area contributed by atoms with Crippen molar-refractivity contribution in [3.8, 4) is 0 Å². The first-order valence-electron chi connectivity index (χ1n) is 7.17. The Morgan fingerprint density at radius 3 is 2.75 bits per heavy atom. The molecular weight excluding hydrogens is 252 g/mol. The molecule has 1 N–H and O–H groups in total. The number of pyridine rings is 1. The molecule has 1 radical (unpaired) electrons. The monoisotopic (exact) mass is 277 g/mol. The molecule has 0 aliphatic rings. The van der Waals surface area contributed by atoms with Crippen molar-refractivity contribution in [3.63, 3.8) is 0 Å². The maximum absolute atomic E-state index is 11.8. The number of rotatable bonds is 9. The largest absolute Gasteiger partial charge is 0.384 e. The van der Waals surface area contributed by atoms with E-state index in [1.54, 1.807) is 6.20 Å². The highest BCUT2D eigenvalue weighted by Gasteiger charge is 2.20. The Balaban J connectivity index is 2.49. The Labute approximate surface area is 121 Å². The minimum absolute atomic E-state index is 0.0968. The van der Waals surface area contributed by atoms with Crippen molar-refractivity contribution in [2.24, 2.45) is 5.92 Å². The highest BCUT2D eigenvalue weighted by molar-refractivity contribution is 5.84. The molecule has 1 rings (SSSR count). The van der Waals surface area contributed by atoms with Crippen LogP contribution in [0.3, 0.4) is 0 Å². The fraction of sp³-hybridized carbons (Fsp3) is 0.562. The summed E-state index contributed by atoms with van der Waals surface area (Å²) in [5.74, 6) is -0.231. The summed E-state index contributed by atoms with van der Waals surface area (Å²) in [4.78, 5) is 17.9. The summed E-state index contributed by atoms with van der Waals surface area (Å²) in [7, 11) is 0. The van der Waals surface area contributed by atoms with E-state index in [1.807, 2.05) is 32.2 Å². The number of aliphatic hydroxyl groups excluding tert-OH is 1. The number of hydrogen-bond donors (Lipinski definition) is 1. The van der Waals surface area contributed by atoms with Gasteiger partial charge in [0.1, 0.15) is 6.10 Å². The topological polar surface area (TPSA) is 53.4 Å². The molecule has 0 aliphatic heterocycles. The van der Waals surface area contributed by atoms with Gasteiger partial charge in [0.05, 0.1) is 0 Å². The number of Topliss-reactive ketones (excluding diaryl/α,β-unsaturated/α-hetero) is 1. The van der Waals surface area contributed by atoms with Gasteiger partial charge in [-0.3, -0.25) is 14.7 Å². The molecule has 4 nitrogen and oxygen atoms in total. The van der Waals surface area contributed by atoms with E-state index in [0.29, 0.717) is 6.54 Å². The van der Waals surface area contributed by atoms with Crippen LogP contribution in [0.25, 0.3) is 0 Å². The van der Waals surface area contributed by atoms with Crippen molar-refractivity contribution in [3.05, 3.63) is 37.0 Å². The minimum Gasteiger partial charge on any atom is -0.384 e. The van der Waals surface area contributed by atoms with Crippen molar-refractivity contribution >= 4 is 5.78 Å². The average molecular weight is 277 g/mol. The van der Waals surface area contributed by atoms with Gasteiger partial charge in [-0.1, -0.05) is 26.8 Å². The third kappa shape index (κ3) is 5.80. The smallest absolute Gasteiger partial charge is 0.165 e. The van der Waals surface area contributed by atoms with Gasteiger partial charge in [0.2, 0.25) is 0 Å². The van der Waals surface area contributed by atoms with Gasteiger partial charge in [-0.2, -0.15) is 0 Å². The molecule has 0 bridgehead atoms. The zero-order valence-corrected chi connectivity index (χ0v) is 12.5. The first kappa shape index (κ1) is 16.8. The van der Waals surface area contributed by atoms with Crippen LogP contribution in [0.15, 0.2) is 24.5 Å². The van der Waals surface area contributed by atoms with E-state index >= 15 is 0 Å². The van der Waals surface area contributed by atoms with Crippen LogP contribution in [-0.2, 0) is 11.2 Å². The normalized spacial score (nSPS) is 12.9. The SMILES string of the molecule is [CH2]CCN(CCc1cccnc1)CC(O)C(=O)C(C)C. The van der Waals surface area contributed by atoms with Crippen LogP contribution >= 0.6 is 0 Å². The van der Waals surface area contributed by atoms with Gasteiger partial charge in [0.25, 0.3) is 0 Å². The molecule has 0 amide bonds. The number of hydrogen-bond acceptors (Lipinski definition) is 4. The Morgan fingerprint density at radius 1 is 1.45 bits per heavy atom. The van der Waals surface area contributed by atoms with Crippen molar-refractivity contribution in [2.45, 2.75) is 32.8 Å². The van der Waals surface area contributed by atoms with Crippen LogP contribution in [-0.4, -0.2) is 46.5 Å². The summed E-state index contributed by atoms with van der Waals surface area (Å²) in [5.41, 5.74) is 1.16. The lowest BCUT2D eigenvalue weighted by Crippen LogP contribution is -2.40. The van der Waals surface area contributed by atoms with Crippen LogP contribution in [0.5, 0.6) is 0 Å². The van der Waals surface area contributed by atoms with Crippen LogP contribution in [0.4, 0.5) is 0 Å². The Kier molecular flexibility index (Phi) is 7.41. The summed E-state index contributed by atoms with van der Waals surface area (Å²) < 4.78 is 0. The van der Waals surface area contributed by atoms with E-state index < -0.39 is 6.10 Å². The molecule has 0 aromatic carbocycles. The van der Waals surface area contributed by atoms with E-state index in [2.05, 4.69) is 16.8 Å². The molecule has 1 atom stereocenters. The van der Waals surface area contributed by atoms with Gasteiger partial charge in [-0.15, -0.1) is 0 Å². The second-order valence-electron chi connectivity index (χ2n) is 5.34. The third-order valence-electron chi connectivity index (χ3n) is 3.24. The van der Waals surface area contributed by atoms with Crippen LogP contribution < -0.4 is 0 Å².